The molecule has 16 nitrogen and oxygen atoms in total. The fourth-order valence-corrected chi connectivity index (χ4v) is 8.22. The van der Waals surface area contributed by atoms with E-state index >= 15 is 0 Å². The third-order valence-electron chi connectivity index (χ3n) is 8.92. The first-order chi connectivity index (χ1) is 29.0. The molecule has 4 aromatic heterocycles. The normalized spacial score (nSPS) is 15.9. The number of oxazole rings is 2. The van der Waals surface area contributed by atoms with Crippen LogP contribution in [-0.4, -0.2) is 75.8 Å². The second kappa shape index (κ2) is 21.1. The molecule has 2 aliphatic heterocycles. The van der Waals surface area contributed by atoms with Crippen LogP contribution in [0.5, 0.6) is 0 Å². The van der Waals surface area contributed by atoms with E-state index in [0.29, 0.717) is 58.5 Å². The van der Waals surface area contributed by atoms with Gasteiger partial charge in [0.1, 0.15) is 12.2 Å². The summed E-state index contributed by atoms with van der Waals surface area (Å²) in [7, 11) is 0. The van der Waals surface area contributed by atoms with Crippen LogP contribution in [-0.2, 0) is 9.47 Å². The van der Waals surface area contributed by atoms with Crippen LogP contribution in [0.3, 0.4) is 0 Å². The minimum atomic E-state index is -0.520. The molecule has 3 N–H and O–H groups in total. The number of alkyl halides is 1. The average molecular weight is 1050 g/mol. The monoisotopic (exact) mass is 1050 g/mol. The largest absolute Gasteiger partial charge is 0.443 e. The molecule has 22 heteroatoms. The van der Waals surface area contributed by atoms with E-state index in [1.165, 1.54) is 32.5 Å². The Kier molecular flexibility index (Phi) is 16.5. The number of rotatable bonds is 9. The van der Waals surface area contributed by atoms with Crippen molar-refractivity contribution in [2.45, 2.75) is 52.0 Å². The van der Waals surface area contributed by atoms with Gasteiger partial charge in [0.25, 0.3) is 11.1 Å². The van der Waals surface area contributed by atoms with E-state index < -0.39 is 35.0 Å². The summed E-state index contributed by atoms with van der Waals surface area (Å²) in [5.41, 5.74) is 8.94. The van der Waals surface area contributed by atoms with Gasteiger partial charge in [-0.3, -0.25) is 28.5 Å². The van der Waals surface area contributed by atoms with Gasteiger partial charge >= 0.3 is 23.7 Å². The van der Waals surface area contributed by atoms with E-state index in [-0.39, 0.29) is 43.7 Å². The zero-order chi connectivity index (χ0) is 44.7. The molecule has 8 rings (SSSR count). The molecule has 61 heavy (non-hydrogen) atoms. The van der Waals surface area contributed by atoms with E-state index in [0.717, 1.165) is 0 Å². The van der Waals surface area contributed by atoms with Gasteiger partial charge in [-0.15, -0.1) is 22.7 Å². The van der Waals surface area contributed by atoms with Crippen LogP contribution >= 0.6 is 80.1 Å². The van der Waals surface area contributed by atoms with Crippen molar-refractivity contribution in [2.75, 3.05) is 40.9 Å². The van der Waals surface area contributed by atoms with Gasteiger partial charge < -0.3 is 29.4 Å². The number of nitrogens with two attached hydrogens (primary N) is 1. The first kappa shape index (κ1) is 47.7. The van der Waals surface area contributed by atoms with Crippen LogP contribution in [0.2, 0.25) is 8.67 Å². The topological polar surface area (TPSA) is 202 Å². The van der Waals surface area contributed by atoms with Crippen molar-refractivity contribution in [1.29, 1.82) is 0 Å². The molecule has 0 saturated carbocycles. The van der Waals surface area contributed by atoms with Crippen molar-refractivity contribution < 1.29 is 37.5 Å². The summed E-state index contributed by atoms with van der Waals surface area (Å²) in [5, 5.41) is 2.29. The van der Waals surface area contributed by atoms with Crippen LogP contribution in [0, 0.1) is 0 Å². The maximum atomic E-state index is 12.3. The number of hydrogen-bond acceptors (Lipinski definition) is 13. The number of carbonyl (C=O) groups excluding carboxylic acids is 4. The second-order valence-electron chi connectivity index (χ2n) is 13.6. The SMILES string of the molecule is CC(C)n1c(=O)oc2cc(N3C[C@H](CN)OC3=O)ccc21.CC(C)n1c(=O)oc2cc(N3C[C@H](CNC(=O)c4ccc(Cl)s4)OC3=O)ccc21.CI.O=C(Cl)c1ccc(Cl)s1. The maximum absolute atomic E-state index is 12.3. The molecule has 3 amide bonds. The smallest absolute Gasteiger partial charge is 0.420 e. The van der Waals surface area contributed by atoms with E-state index in [2.05, 4.69) is 27.9 Å². The van der Waals surface area contributed by atoms with Gasteiger partial charge in [0.05, 0.1) is 60.5 Å². The van der Waals surface area contributed by atoms with Gasteiger partial charge in [0.15, 0.2) is 11.2 Å². The highest BCUT2D eigenvalue weighted by Gasteiger charge is 2.34. The van der Waals surface area contributed by atoms with Crippen LogP contribution < -0.4 is 32.4 Å². The van der Waals surface area contributed by atoms with Crippen molar-refractivity contribution in [3.05, 3.63) is 100 Å². The molecule has 0 unspecified atom stereocenters. The summed E-state index contributed by atoms with van der Waals surface area (Å²) < 4.78 is 25.3. The number of halogens is 4. The molecule has 0 bridgehead atoms. The number of aromatic nitrogens is 2. The molecule has 326 valence electrons. The number of cyclic esters (lactones) is 2. The molecule has 2 saturated heterocycles. The Labute approximate surface area is 385 Å². The summed E-state index contributed by atoms with van der Waals surface area (Å²) >= 11 is 21.0. The standard InChI is InChI=1S/C19H18ClN3O5S.C14H17N3O4.C5H2Cl2OS.CH3I/c1-10(2)23-13-4-3-11(7-14(13)28-19(23)26)22-9-12(27-18(22)25)8-21-17(24)15-5-6-16(20)29-15;1-8(2)17-11-4-3-9(5-12(11)21-14(17)19)16-7-10(6-15)20-13(16)18;6-4-2-1-3(9-4)5(7)8;1-2/h3-7,10,12H,8-9H2,1-2H3,(H,21,24);3-5,8,10H,6-7,15H2,1-2H3;1-2H;1H3/t12-;10-;;/m00../s1. The lowest BCUT2D eigenvalue weighted by Gasteiger charge is -2.13. The summed E-state index contributed by atoms with van der Waals surface area (Å²) in [5.74, 6) is -1.11. The van der Waals surface area contributed by atoms with Gasteiger partial charge in [-0.25, -0.2) is 19.2 Å². The van der Waals surface area contributed by atoms with Crippen LogP contribution in [0.4, 0.5) is 21.0 Å². The van der Waals surface area contributed by atoms with Crippen molar-refractivity contribution in [3.8, 4) is 0 Å². The van der Waals surface area contributed by atoms with Gasteiger partial charge in [-0.05, 0) is 92.8 Å². The molecule has 0 aliphatic carbocycles. The number of benzene rings is 2. The number of amides is 3. The minimum Gasteiger partial charge on any atom is -0.443 e. The average Bonchev–Trinajstić information content (AvgIpc) is 4.08. The number of nitrogens with one attached hydrogen (secondary N) is 1. The van der Waals surface area contributed by atoms with E-state index in [1.807, 2.05) is 32.6 Å². The third kappa shape index (κ3) is 11.4. The minimum absolute atomic E-state index is 0.00275. The molecular formula is C39H40Cl3IN6O10S2. The molecule has 2 atom stereocenters. The summed E-state index contributed by atoms with van der Waals surface area (Å²) in [6.45, 7) is 8.74. The zero-order valence-electron chi connectivity index (χ0n) is 33.2. The van der Waals surface area contributed by atoms with Gasteiger partial charge in [-0.2, -0.15) is 0 Å². The lowest BCUT2D eigenvalue weighted by Crippen LogP contribution is -2.34. The molecule has 0 spiro atoms. The van der Waals surface area contributed by atoms with Crippen molar-refractivity contribution in [1.82, 2.24) is 14.5 Å². The molecule has 6 heterocycles. The van der Waals surface area contributed by atoms with E-state index in [1.54, 1.807) is 69.8 Å². The second-order valence-corrected chi connectivity index (χ2v) is 17.4. The summed E-state index contributed by atoms with van der Waals surface area (Å²) in [4.78, 5) is 76.4. The first-order valence-electron chi connectivity index (χ1n) is 18.4. The zero-order valence-corrected chi connectivity index (χ0v) is 39.2. The highest BCUT2D eigenvalue weighted by atomic mass is 127. The van der Waals surface area contributed by atoms with Crippen molar-refractivity contribution in [3.63, 3.8) is 0 Å². The Morgan fingerprint density at radius 3 is 1.56 bits per heavy atom. The fraction of sp³-hybridized carbons (Fsp3) is 0.333. The number of nitrogens with zero attached hydrogens (tertiary/aromatic N) is 4. The molecular weight excluding hydrogens is 1010 g/mol. The Bertz CT molecular complexity index is 2650. The van der Waals surface area contributed by atoms with Crippen LogP contribution in [0.25, 0.3) is 22.2 Å². The fourth-order valence-electron chi connectivity index (χ4n) is 6.21. The van der Waals surface area contributed by atoms with E-state index in [4.69, 9.17) is 58.8 Å². The highest BCUT2D eigenvalue weighted by molar-refractivity contribution is 14.1. The molecule has 2 fully saturated rings. The molecule has 6 aromatic rings. The summed E-state index contributed by atoms with van der Waals surface area (Å²) in [6.07, 6.45) is -1.76. The van der Waals surface area contributed by atoms with Gasteiger partial charge in [0, 0.05) is 30.8 Å². The number of ether oxygens (including phenoxy) is 2. The Morgan fingerprint density at radius 1 is 0.738 bits per heavy atom. The van der Waals surface area contributed by atoms with Crippen molar-refractivity contribution in [2.24, 2.45) is 5.73 Å². The van der Waals surface area contributed by atoms with Crippen LogP contribution in [0.1, 0.15) is 59.1 Å². The van der Waals surface area contributed by atoms with Gasteiger partial charge in [0.2, 0.25) is 0 Å². The Hall–Kier alpha value is -4.38. The molecule has 2 aromatic carbocycles. The quantitative estimate of drug-likeness (QED) is 0.0796. The predicted molar refractivity (Wildman–Crippen MR) is 247 cm³/mol. The van der Waals surface area contributed by atoms with Crippen LogP contribution in [0.15, 0.2) is 79.1 Å². The van der Waals surface area contributed by atoms with Crippen molar-refractivity contribution >= 4 is 137 Å². The maximum Gasteiger partial charge on any atom is 0.420 e. The molecule has 2 aliphatic rings. The predicted octanol–water partition coefficient (Wildman–Crippen LogP) is 8.94. The number of carbonyl (C=O) groups is 4. The number of fused-ring (bicyclic) bond motifs is 2. The Morgan fingerprint density at radius 2 is 1.18 bits per heavy atom. The lowest BCUT2D eigenvalue weighted by atomic mass is 10.2. The molecule has 0 radical (unpaired) electrons. The number of hydrogen-bond donors (Lipinski definition) is 2. The van der Waals surface area contributed by atoms with E-state index in [9.17, 15) is 28.8 Å². The number of anilines is 2. The number of thiophene rings is 2. The third-order valence-corrected chi connectivity index (χ3v) is 11.7. The summed E-state index contributed by atoms with van der Waals surface area (Å²) in [6, 6.07) is 16.9. The highest BCUT2D eigenvalue weighted by Crippen LogP contribution is 2.29. The Balaban J connectivity index is 0.000000191. The lowest BCUT2D eigenvalue weighted by molar-refractivity contribution is 0.0919. The first-order valence-corrected chi connectivity index (χ1v) is 23.3. The van der Waals surface area contributed by atoms with Gasteiger partial charge in [-0.1, -0.05) is 45.8 Å².